The zero-order chi connectivity index (χ0) is 13.3. The molecule has 0 aliphatic carbocycles. The minimum absolute atomic E-state index is 0.0397. The summed E-state index contributed by atoms with van der Waals surface area (Å²) in [6, 6.07) is 8.48. The number of hydrogen-bond donors (Lipinski definition) is 2. The molecule has 2 rings (SSSR count). The SMILES string of the molecule is Cc1ccc(Nc2cc(Cl)c(F)cc2N)cc1Br. The highest BCUT2D eigenvalue weighted by Gasteiger charge is 2.07. The molecule has 3 N–H and O–H groups in total. The van der Waals surface area contributed by atoms with Crippen molar-refractivity contribution in [1.82, 2.24) is 0 Å². The summed E-state index contributed by atoms with van der Waals surface area (Å²) in [6.07, 6.45) is 0. The smallest absolute Gasteiger partial charge is 0.143 e. The van der Waals surface area contributed by atoms with E-state index in [0.717, 1.165) is 15.7 Å². The number of halogens is 3. The van der Waals surface area contributed by atoms with Crippen LogP contribution in [-0.2, 0) is 0 Å². The van der Waals surface area contributed by atoms with Crippen LogP contribution in [-0.4, -0.2) is 0 Å². The Morgan fingerprint density at radius 1 is 1.28 bits per heavy atom. The molecule has 0 aromatic heterocycles. The van der Waals surface area contributed by atoms with Crippen LogP contribution in [0.5, 0.6) is 0 Å². The first-order valence-electron chi connectivity index (χ1n) is 5.25. The molecule has 0 saturated heterocycles. The lowest BCUT2D eigenvalue weighted by molar-refractivity contribution is 0.629. The van der Waals surface area contributed by atoms with Crippen LogP contribution in [0.15, 0.2) is 34.8 Å². The number of anilines is 3. The molecule has 5 heteroatoms. The highest BCUT2D eigenvalue weighted by Crippen LogP contribution is 2.30. The van der Waals surface area contributed by atoms with Crippen molar-refractivity contribution in [2.75, 3.05) is 11.1 Å². The predicted molar refractivity (Wildman–Crippen MR) is 78.0 cm³/mol. The van der Waals surface area contributed by atoms with Crippen molar-refractivity contribution in [3.8, 4) is 0 Å². The highest BCUT2D eigenvalue weighted by atomic mass is 79.9. The molecular formula is C13H11BrClFN2. The third kappa shape index (κ3) is 2.76. The Balaban J connectivity index is 2.34. The van der Waals surface area contributed by atoms with E-state index in [1.54, 1.807) is 0 Å². The van der Waals surface area contributed by atoms with Gasteiger partial charge in [0.05, 0.1) is 16.4 Å². The van der Waals surface area contributed by atoms with E-state index in [0.29, 0.717) is 11.4 Å². The summed E-state index contributed by atoms with van der Waals surface area (Å²) in [6.45, 7) is 2.00. The highest BCUT2D eigenvalue weighted by molar-refractivity contribution is 9.10. The Morgan fingerprint density at radius 2 is 2.00 bits per heavy atom. The van der Waals surface area contributed by atoms with Crippen molar-refractivity contribution in [3.63, 3.8) is 0 Å². The molecular weight excluding hydrogens is 319 g/mol. The van der Waals surface area contributed by atoms with Crippen LogP contribution < -0.4 is 11.1 Å². The van der Waals surface area contributed by atoms with E-state index >= 15 is 0 Å². The first kappa shape index (κ1) is 13.2. The van der Waals surface area contributed by atoms with Crippen molar-refractivity contribution in [3.05, 3.63) is 51.2 Å². The van der Waals surface area contributed by atoms with Crippen LogP contribution in [0.4, 0.5) is 21.5 Å². The maximum absolute atomic E-state index is 13.2. The summed E-state index contributed by atoms with van der Waals surface area (Å²) in [5.41, 5.74) is 8.61. The molecule has 2 aromatic rings. The fraction of sp³-hybridized carbons (Fsp3) is 0.0769. The average molecular weight is 330 g/mol. The van der Waals surface area contributed by atoms with Gasteiger partial charge >= 0.3 is 0 Å². The molecule has 0 unspecified atom stereocenters. The molecule has 0 heterocycles. The van der Waals surface area contributed by atoms with E-state index in [1.807, 2.05) is 25.1 Å². The Kier molecular flexibility index (Phi) is 3.78. The van der Waals surface area contributed by atoms with Gasteiger partial charge in [0, 0.05) is 16.2 Å². The van der Waals surface area contributed by atoms with Crippen molar-refractivity contribution in [2.45, 2.75) is 6.92 Å². The van der Waals surface area contributed by atoms with E-state index in [-0.39, 0.29) is 5.02 Å². The van der Waals surface area contributed by atoms with E-state index < -0.39 is 5.82 Å². The fourth-order valence-corrected chi connectivity index (χ4v) is 2.04. The second-order valence-electron chi connectivity index (χ2n) is 3.94. The number of aryl methyl sites for hydroxylation is 1. The van der Waals surface area contributed by atoms with Gasteiger partial charge < -0.3 is 11.1 Å². The number of nitrogen functional groups attached to an aromatic ring is 1. The summed E-state index contributed by atoms with van der Waals surface area (Å²) >= 11 is 9.18. The van der Waals surface area contributed by atoms with E-state index in [4.69, 9.17) is 17.3 Å². The standard InChI is InChI=1S/C13H11BrClFN2/c1-7-2-3-8(4-9(7)14)18-13-5-10(15)11(16)6-12(13)17/h2-6,18H,17H2,1H3. The van der Waals surface area contributed by atoms with Gasteiger partial charge in [-0.2, -0.15) is 0 Å². The number of benzene rings is 2. The van der Waals surface area contributed by atoms with Gasteiger partial charge in [0.1, 0.15) is 5.82 Å². The first-order valence-corrected chi connectivity index (χ1v) is 6.42. The zero-order valence-corrected chi connectivity index (χ0v) is 11.9. The van der Waals surface area contributed by atoms with Crippen LogP contribution >= 0.6 is 27.5 Å². The zero-order valence-electron chi connectivity index (χ0n) is 9.60. The third-order valence-corrected chi connectivity index (χ3v) is 3.69. The lowest BCUT2D eigenvalue weighted by Gasteiger charge is -2.11. The molecule has 0 saturated carbocycles. The molecule has 2 nitrogen and oxygen atoms in total. The molecule has 0 fully saturated rings. The average Bonchev–Trinajstić information content (AvgIpc) is 2.31. The van der Waals surface area contributed by atoms with Gasteiger partial charge in [-0.25, -0.2) is 4.39 Å². The predicted octanol–water partition coefficient (Wildman–Crippen LogP) is 4.88. The molecule has 0 aliphatic rings. The molecule has 0 bridgehead atoms. The number of rotatable bonds is 2. The molecule has 2 aromatic carbocycles. The molecule has 0 aliphatic heterocycles. The van der Waals surface area contributed by atoms with Gasteiger partial charge in [-0.05, 0) is 30.7 Å². The largest absolute Gasteiger partial charge is 0.397 e. The molecule has 0 atom stereocenters. The first-order chi connectivity index (χ1) is 8.47. The van der Waals surface area contributed by atoms with Gasteiger partial charge in [-0.3, -0.25) is 0 Å². The summed E-state index contributed by atoms with van der Waals surface area (Å²) in [7, 11) is 0. The number of hydrogen-bond acceptors (Lipinski definition) is 2. The number of nitrogens with two attached hydrogens (primary N) is 1. The van der Waals surface area contributed by atoms with Gasteiger partial charge in [0.2, 0.25) is 0 Å². The van der Waals surface area contributed by atoms with Gasteiger partial charge in [0.25, 0.3) is 0 Å². The molecule has 0 spiro atoms. The third-order valence-electron chi connectivity index (χ3n) is 2.54. The van der Waals surface area contributed by atoms with Crippen molar-refractivity contribution >= 4 is 44.6 Å². The fourth-order valence-electron chi connectivity index (χ4n) is 1.50. The van der Waals surface area contributed by atoms with Crippen LogP contribution in [0.1, 0.15) is 5.56 Å². The van der Waals surface area contributed by atoms with Crippen LogP contribution in [0.2, 0.25) is 5.02 Å². The Hall–Kier alpha value is -1.26. The minimum atomic E-state index is -0.523. The molecule has 94 valence electrons. The maximum atomic E-state index is 13.2. The minimum Gasteiger partial charge on any atom is -0.397 e. The van der Waals surface area contributed by atoms with E-state index in [1.165, 1.54) is 12.1 Å². The normalized spacial score (nSPS) is 10.4. The van der Waals surface area contributed by atoms with Crippen LogP contribution in [0.25, 0.3) is 0 Å². The summed E-state index contributed by atoms with van der Waals surface area (Å²) in [4.78, 5) is 0. The quantitative estimate of drug-likeness (QED) is 0.771. The maximum Gasteiger partial charge on any atom is 0.143 e. The van der Waals surface area contributed by atoms with Gasteiger partial charge in [-0.1, -0.05) is 33.6 Å². The molecule has 0 amide bonds. The Morgan fingerprint density at radius 3 is 2.67 bits per heavy atom. The Bertz CT molecular complexity index is 602. The second-order valence-corrected chi connectivity index (χ2v) is 5.20. The topological polar surface area (TPSA) is 38.0 Å². The lowest BCUT2D eigenvalue weighted by atomic mass is 10.2. The van der Waals surface area contributed by atoms with E-state index in [9.17, 15) is 4.39 Å². The van der Waals surface area contributed by atoms with Crippen molar-refractivity contribution < 1.29 is 4.39 Å². The second kappa shape index (κ2) is 5.16. The van der Waals surface area contributed by atoms with E-state index in [2.05, 4.69) is 21.2 Å². The van der Waals surface area contributed by atoms with Crippen molar-refractivity contribution in [1.29, 1.82) is 0 Å². The number of nitrogens with one attached hydrogen (secondary N) is 1. The summed E-state index contributed by atoms with van der Waals surface area (Å²) in [5.74, 6) is -0.523. The molecule has 18 heavy (non-hydrogen) atoms. The summed E-state index contributed by atoms with van der Waals surface area (Å²) < 4.78 is 14.2. The van der Waals surface area contributed by atoms with Gasteiger partial charge in [-0.15, -0.1) is 0 Å². The van der Waals surface area contributed by atoms with Crippen LogP contribution in [0, 0.1) is 12.7 Å². The van der Waals surface area contributed by atoms with Gasteiger partial charge in [0.15, 0.2) is 0 Å². The van der Waals surface area contributed by atoms with Crippen LogP contribution in [0.3, 0.4) is 0 Å². The summed E-state index contributed by atoms with van der Waals surface area (Å²) in [5, 5.41) is 3.14. The monoisotopic (exact) mass is 328 g/mol. The lowest BCUT2D eigenvalue weighted by Crippen LogP contribution is -1.98. The van der Waals surface area contributed by atoms with Crippen molar-refractivity contribution in [2.24, 2.45) is 0 Å². The molecule has 0 radical (unpaired) electrons. The Labute approximate surface area is 118 Å².